The lowest BCUT2D eigenvalue weighted by Crippen LogP contribution is -2.32. The van der Waals surface area contributed by atoms with Crippen LogP contribution in [0.15, 0.2) is 48.5 Å². The molecule has 2 heterocycles. The number of carbonyl (C=O) groups excluding carboxylic acids is 2. The zero-order valence-electron chi connectivity index (χ0n) is 16.0. The van der Waals surface area contributed by atoms with Gasteiger partial charge in [-0.1, -0.05) is 29.8 Å². The first-order valence-corrected chi connectivity index (χ1v) is 9.79. The molecule has 4 rings (SSSR count). The summed E-state index contributed by atoms with van der Waals surface area (Å²) in [4.78, 5) is 32.1. The zero-order chi connectivity index (χ0) is 20.4. The van der Waals surface area contributed by atoms with Crippen LogP contribution in [0.4, 0.5) is 11.6 Å². The summed E-state index contributed by atoms with van der Waals surface area (Å²) in [5.74, 6) is 0.191. The van der Waals surface area contributed by atoms with E-state index in [0.717, 1.165) is 11.0 Å². The lowest BCUT2D eigenvalue weighted by atomic mass is 10.1. The van der Waals surface area contributed by atoms with Crippen molar-refractivity contribution in [2.24, 2.45) is 0 Å². The number of anilines is 2. The largest absolute Gasteiger partial charge is 0.385 e. The van der Waals surface area contributed by atoms with Gasteiger partial charge in [0, 0.05) is 31.0 Å². The molecule has 0 saturated carbocycles. The van der Waals surface area contributed by atoms with Crippen molar-refractivity contribution >= 4 is 46.1 Å². The highest BCUT2D eigenvalue weighted by atomic mass is 35.5. The van der Waals surface area contributed by atoms with Crippen LogP contribution in [0.3, 0.4) is 0 Å². The van der Waals surface area contributed by atoms with Gasteiger partial charge in [-0.05, 0) is 36.8 Å². The third-order valence-corrected chi connectivity index (χ3v) is 5.13. The Bertz CT molecular complexity index is 1070. The molecule has 0 saturated heterocycles. The minimum atomic E-state index is -0.640. The summed E-state index contributed by atoms with van der Waals surface area (Å²) in [6.45, 7) is 1.03. The molecule has 3 aromatic rings. The number of carbonyl (C=O) groups is 2. The molecule has 0 unspecified atom stereocenters. The maximum atomic E-state index is 13.1. The molecule has 8 heteroatoms. The fraction of sp³-hybridized carbons (Fsp3) is 0.286. The van der Waals surface area contributed by atoms with E-state index in [1.807, 2.05) is 28.8 Å². The van der Waals surface area contributed by atoms with Crippen molar-refractivity contribution in [2.75, 3.05) is 30.5 Å². The summed E-state index contributed by atoms with van der Waals surface area (Å²) in [6.07, 6.45) is 0.701. The van der Waals surface area contributed by atoms with Gasteiger partial charge in [-0.3, -0.25) is 19.1 Å². The van der Waals surface area contributed by atoms with E-state index in [-0.39, 0.29) is 18.2 Å². The molecule has 1 aliphatic rings. The first-order valence-electron chi connectivity index (χ1n) is 9.41. The van der Waals surface area contributed by atoms with Crippen LogP contribution in [-0.2, 0) is 14.3 Å². The normalized spacial score (nSPS) is 15.7. The Hall–Kier alpha value is -2.90. The number of hydrogen-bond acceptors (Lipinski definition) is 4. The van der Waals surface area contributed by atoms with Gasteiger partial charge in [-0.15, -0.1) is 0 Å². The first-order chi connectivity index (χ1) is 14.1. The molecule has 1 N–H and O–H groups in total. The number of fused-ring (bicyclic) bond motifs is 3. The number of para-hydroxylation sites is 2. The molecule has 0 aliphatic carbocycles. The van der Waals surface area contributed by atoms with E-state index < -0.39 is 6.04 Å². The van der Waals surface area contributed by atoms with Crippen LogP contribution in [0.2, 0.25) is 5.02 Å². The quantitative estimate of drug-likeness (QED) is 0.601. The Balaban J connectivity index is 1.61. The minimum Gasteiger partial charge on any atom is -0.385 e. The Labute approximate surface area is 173 Å². The lowest BCUT2D eigenvalue weighted by Gasteiger charge is -2.15. The van der Waals surface area contributed by atoms with E-state index in [2.05, 4.69) is 10.3 Å². The Morgan fingerprint density at radius 2 is 2.07 bits per heavy atom. The van der Waals surface area contributed by atoms with Gasteiger partial charge in [0.05, 0.1) is 17.5 Å². The Kier molecular flexibility index (Phi) is 5.51. The van der Waals surface area contributed by atoms with E-state index in [0.29, 0.717) is 36.2 Å². The van der Waals surface area contributed by atoms with Gasteiger partial charge in [0.25, 0.3) is 5.91 Å². The van der Waals surface area contributed by atoms with Crippen LogP contribution in [0.1, 0.15) is 18.9 Å². The summed E-state index contributed by atoms with van der Waals surface area (Å²) >= 11 is 5.98. The summed E-state index contributed by atoms with van der Waals surface area (Å²) < 4.78 is 6.97. The molecule has 150 valence electrons. The molecule has 1 aliphatic heterocycles. The number of nitrogens with zero attached hydrogens (tertiary/aromatic N) is 3. The number of rotatable bonds is 7. The van der Waals surface area contributed by atoms with Crippen molar-refractivity contribution in [3.63, 3.8) is 0 Å². The second kappa shape index (κ2) is 8.23. The molecular formula is C21H21ClN4O3. The summed E-state index contributed by atoms with van der Waals surface area (Å²) in [7, 11) is 1.63. The summed E-state index contributed by atoms with van der Waals surface area (Å²) in [5.41, 5.74) is 2.23. The highest BCUT2D eigenvalue weighted by Crippen LogP contribution is 2.36. The molecule has 1 atom stereocenters. The van der Waals surface area contributed by atoms with Gasteiger partial charge in [-0.2, -0.15) is 0 Å². The van der Waals surface area contributed by atoms with E-state index >= 15 is 0 Å². The Morgan fingerprint density at radius 1 is 1.24 bits per heavy atom. The van der Waals surface area contributed by atoms with Gasteiger partial charge in [0.15, 0.2) is 0 Å². The van der Waals surface area contributed by atoms with E-state index in [9.17, 15) is 9.59 Å². The monoisotopic (exact) mass is 412 g/mol. The number of amides is 2. The van der Waals surface area contributed by atoms with Gasteiger partial charge in [-0.25, -0.2) is 4.98 Å². The summed E-state index contributed by atoms with van der Waals surface area (Å²) in [5, 5.41) is 3.35. The predicted octanol–water partition coefficient (Wildman–Crippen LogP) is 3.64. The van der Waals surface area contributed by atoms with Crippen molar-refractivity contribution in [1.29, 1.82) is 0 Å². The molecule has 2 amide bonds. The molecule has 1 aromatic heterocycles. The van der Waals surface area contributed by atoms with Crippen molar-refractivity contribution in [3.8, 4) is 0 Å². The number of benzene rings is 2. The van der Waals surface area contributed by atoms with Crippen LogP contribution in [-0.4, -0.2) is 41.6 Å². The smallest absolute Gasteiger partial charge is 0.253 e. The maximum absolute atomic E-state index is 13.1. The number of nitrogens with one attached hydrogen (secondary N) is 1. The van der Waals surface area contributed by atoms with Gasteiger partial charge in [0.2, 0.25) is 11.9 Å². The number of imidazole rings is 1. The minimum absolute atomic E-state index is 0.0134. The summed E-state index contributed by atoms with van der Waals surface area (Å²) in [6, 6.07) is 13.9. The van der Waals surface area contributed by atoms with E-state index in [1.54, 1.807) is 36.3 Å². The molecule has 2 aromatic carbocycles. The van der Waals surface area contributed by atoms with E-state index in [1.165, 1.54) is 0 Å². The average Bonchev–Trinajstić information content (AvgIpc) is 3.18. The predicted molar refractivity (Wildman–Crippen MR) is 112 cm³/mol. The number of hydrogen-bond donors (Lipinski definition) is 1. The van der Waals surface area contributed by atoms with Crippen molar-refractivity contribution in [2.45, 2.75) is 18.9 Å². The second-order valence-electron chi connectivity index (χ2n) is 6.89. The standard InChI is InChI=1S/C21H21ClN4O3/c1-29-11-5-10-25-20(28)18(13-19(27)23-15-7-4-6-14(22)12-15)26-17-9-3-2-8-16(17)24-21(25)26/h2-4,6-9,12,18H,5,10-11,13H2,1H3,(H,23,27)/t18-/m0/s1. The van der Waals surface area contributed by atoms with Crippen LogP contribution < -0.4 is 10.2 Å². The molecule has 7 nitrogen and oxygen atoms in total. The third kappa shape index (κ3) is 3.83. The molecule has 29 heavy (non-hydrogen) atoms. The topological polar surface area (TPSA) is 76.5 Å². The van der Waals surface area contributed by atoms with Crippen LogP contribution in [0.25, 0.3) is 11.0 Å². The second-order valence-corrected chi connectivity index (χ2v) is 7.32. The van der Waals surface area contributed by atoms with Crippen LogP contribution in [0.5, 0.6) is 0 Å². The number of halogens is 1. The number of ether oxygens (including phenoxy) is 1. The highest BCUT2D eigenvalue weighted by molar-refractivity contribution is 6.30. The molecule has 0 fully saturated rings. The molecular weight excluding hydrogens is 392 g/mol. The van der Waals surface area contributed by atoms with Gasteiger partial charge in [0.1, 0.15) is 6.04 Å². The molecule has 0 spiro atoms. The van der Waals surface area contributed by atoms with Crippen molar-refractivity contribution in [3.05, 3.63) is 53.6 Å². The highest BCUT2D eigenvalue weighted by Gasteiger charge is 2.40. The number of aromatic nitrogens is 2. The molecule has 0 bridgehead atoms. The fourth-order valence-corrected chi connectivity index (χ4v) is 3.82. The van der Waals surface area contributed by atoms with E-state index in [4.69, 9.17) is 16.3 Å². The third-order valence-electron chi connectivity index (χ3n) is 4.90. The SMILES string of the molecule is COCCCN1C(=O)[C@H](CC(=O)Nc2cccc(Cl)c2)n2c1nc1ccccc12. The van der Waals surface area contributed by atoms with Crippen molar-refractivity contribution in [1.82, 2.24) is 9.55 Å². The Morgan fingerprint density at radius 3 is 2.86 bits per heavy atom. The zero-order valence-corrected chi connectivity index (χ0v) is 16.7. The van der Waals surface area contributed by atoms with Crippen LogP contribution in [0, 0.1) is 0 Å². The van der Waals surface area contributed by atoms with Gasteiger partial charge < -0.3 is 10.1 Å². The first kappa shape index (κ1) is 19.4. The molecule has 0 radical (unpaired) electrons. The number of methoxy groups -OCH3 is 1. The average molecular weight is 413 g/mol. The maximum Gasteiger partial charge on any atom is 0.253 e. The fourth-order valence-electron chi connectivity index (χ4n) is 3.63. The lowest BCUT2D eigenvalue weighted by molar-refractivity contribution is -0.124. The van der Waals surface area contributed by atoms with Crippen LogP contribution >= 0.6 is 11.6 Å². The van der Waals surface area contributed by atoms with Crippen molar-refractivity contribution < 1.29 is 14.3 Å². The van der Waals surface area contributed by atoms with Gasteiger partial charge >= 0.3 is 0 Å².